The number of fused-ring (bicyclic) bond motifs is 1. The third-order valence-electron chi connectivity index (χ3n) is 6.75. The summed E-state index contributed by atoms with van der Waals surface area (Å²) in [6.45, 7) is 3.94. The Morgan fingerprint density at radius 2 is 1.91 bits per heavy atom. The second-order valence-corrected chi connectivity index (χ2v) is 9.98. The standard InChI is InChI=1S/C24H27F3N6S/c1-31-22(17-4-2-10-28-14-17)29-30-23(31)34-13-3-11-32-15-18-9-12-33(21(18)16-32)20-7-5-19(6-8-20)24(25,26)27/h2,4-8,10,14,18,21H,3,9,11-13,15-16H2,1H3/t18-,21+/m1/s1. The van der Waals surface area contributed by atoms with Crippen molar-refractivity contribution in [2.45, 2.75) is 30.2 Å². The topological polar surface area (TPSA) is 50.1 Å². The SMILES string of the molecule is Cn1c(SCCCN2C[C@H]3CCN(c4ccc(C(F)(F)F)cc4)[C@H]3C2)nnc1-c1cccnc1. The molecule has 10 heteroatoms. The third-order valence-corrected chi connectivity index (χ3v) is 7.86. The lowest BCUT2D eigenvalue weighted by Crippen LogP contribution is -2.35. The monoisotopic (exact) mass is 488 g/mol. The fraction of sp³-hybridized carbons (Fsp3) is 0.458. The van der Waals surface area contributed by atoms with Crippen molar-refractivity contribution >= 4 is 17.4 Å². The van der Waals surface area contributed by atoms with Crippen molar-refractivity contribution < 1.29 is 13.2 Å². The number of halogens is 3. The highest BCUT2D eigenvalue weighted by molar-refractivity contribution is 7.99. The van der Waals surface area contributed by atoms with Gasteiger partial charge in [-0.05, 0) is 61.7 Å². The summed E-state index contributed by atoms with van der Waals surface area (Å²) >= 11 is 1.71. The number of likely N-dealkylation sites (tertiary alicyclic amines) is 1. The van der Waals surface area contributed by atoms with Gasteiger partial charge in [0.1, 0.15) is 0 Å². The summed E-state index contributed by atoms with van der Waals surface area (Å²) in [5.41, 5.74) is 1.25. The van der Waals surface area contributed by atoms with Crippen LogP contribution in [0.25, 0.3) is 11.4 Å². The zero-order valence-corrected chi connectivity index (χ0v) is 19.8. The molecule has 0 amide bonds. The maximum Gasteiger partial charge on any atom is 0.416 e. The minimum Gasteiger partial charge on any atom is -0.367 e. The molecule has 0 aliphatic carbocycles. The van der Waals surface area contributed by atoms with E-state index in [2.05, 4.69) is 25.0 Å². The van der Waals surface area contributed by atoms with Gasteiger partial charge >= 0.3 is 6.18 Å². The summed E-state index contributed by atoms with van der Waals surface area (Å²) in [6, 6.07) is 9.86. The molecule has 2 saturated heterocycles. The first-order valence-corrected chi connectivity index (χ1v) is 12.5. The van der Waals surface area contributed by atoms with Crippen molar-refractivity contribution in [1.82, 2.24) is 24.6 Å². The van der Waals surface area contributed by atoms with Crippen LogP contribution in [0.5, 0.6) is 0 Å². The van der Waals surface area contributed by atoms with Crippen LogP contribution in [-0.4, -0.2) is 62.6 Å². The lowest BCUT2D eigenvalue weighted by molar-refractivity contribution is -0.137. The molecular weight excluding hydrogens is 461 g/mol. The van der Waals surface area contributed by atoms with Crippen LogP contribution in [-0.2, 0) is 13.2 Å². The average Bonchev–Trinajstić information content (AvgIpc) is 3.51. The van der Waals surface area contributed by atoms with E-state index in [9.17, 15) is 13.2 Å². The Balaban J connectivity index is 1.11. The summed E-state index contributed by atoms with van der Waals surface area (Å²) in [6.07, 6.45) is 1.37. The van der Waals surface area contributed by atoms with E-state index in [-0.39, 0.29) is 0 Å². The van der Waals surface area contributed by atoms with Crippen LogP contribution in [0.4, 0.5) is 18.9 Å². The molecule has 0 unspecified atom stereocenters. The maximum atomic E-state index is 12.9. The largest absolute Gasteiger partial charge is 0.416 e. The highest BCUT2D eigenvalue weighted by Crippen LogP contribution is 2.37. The van der Waals surface area contributed by atoms with Crippen molar-refractivity contribution in [3.8, 4) is 11.4 Å². The van der Waals surface area contributed by atoms with Crippen molar-refractivity contribution in [1.29, 1.82) is 0 Å². The number of benzene rings is 1. The number of nitrogens with zero attached hydrogens (tertiary/aromatic N) is 6. The molecule has 180 valence electrons. The second kappa shape index (κ2) is 9.58. The van der Waals surface area contributed by atoms with Gasteiger partial charge in [0.25, 0.3) is 0 Å². The molecule has 2 aliphatic heterocycles. The van der Waals surface area contributed by atoms with Gasteiger partial charge in [-0.15, -0.1) is 10.2 Å². The third kappa shape index (κ3) is 4.79. The number of hydrogen-bond acceptors (Lipinski definition) is 6. The van der Waals surface area contributed by atoms with E-state index >= 15 is 0 Å². The first kappa shape index (κ1) is 23.2. The summed E-state index contributed by atoms with van der Waals surface area (Å²) in [4.78, 5) is 8.93. The molecule has 0 bridgehead atoms. The summed E-state index contributed by atoms with van der Waals surface area (Å²) in [5, 5.41) is 9.53. The lowest BCUT2D eigenvalue weighted by atomic mass is 10.0. The highest BCUT2D eigenvalue weighted by atomic mass is 32.2. The average molecular weight is 489 g/mol. The van der Waals surface area contributed by atoms with E-state index in [1.165, 1.54) is 12.1 Å². The molecule has 0 saturated carbocycles. The number of aromatic nitrogens is 4. The normalized spacial score (nSPS) is 20.8. The molecule has 1 aromatic carbocycles. The summed E-state index contributed by atoms with van der Waals surface area (Å²) in [7, 11) is 1.97. The molecule has 0 radical (unpaired) electrons. The predicted molar refractivity (Wildman–Crippen MR) is 127 cm³/mol. The van der Waals surface area contributed by atoms with Crippen LogP contribution in [0.2, 0.25) is 0 Å². The van der Waals surface area contributed by atoms with Crippen LogP contribution >= 0.6 is 11.8 Å². The zero-order chi connectivity index (χ0) is 23.7. The predicted octanol–water partition coefficient (Wildman–Crippen LogP) is 4.59. The van der Waals surface area contributed by atoms with E-state index in [1.54, 1.807) is 36.3 Å². The Bertz CT molecular complexity index is 1100. The number of rotatable bonds is 7. The molecule has 2 aliphatic rings. The number of hydrogen-bond donors (Lipinski definition) is 0. The van der Waals surface area contributed by atoms with Gasteiger partial charge in [-0.3, -0.25) is 4.98 Å². The van der Waals surface area contributed by atoms with Gasteiger partial charge in [0, 0.05) is 62.1 Å². The van der Waals surface area contributed by atoms with Gasteiger partial charge in [-0.1, -0.05) is 11.8 Å². The number of thioether (sulfide) groups is 1. The van der Waals surface area contributed by atoms with Crippen molar-refractivity contribution in [3.63, 3.8) is 0 Å². The van der Waals surface area contributed by atoms with Crippen LogP contribution in [0.3, 0.4) is 0 Å². The van der Waals surface area contributed by atoms with Crippen molar-refractivity contribution in [2.24, 2.45) is 13.0 Å². The molecule has 34 heavy (non-hydrogen) atoms. The molecule has 6 nitrogen and oxygen atoms in total. The molecule has 2 fully saturated rings. The van der Waals surface area contributed by atoms with E-state index < -0.39 is 11.7 Å². The molecule has 2 atom stereocenters. The molecule has 2 aromatic heterocycles. The molecule has 3 aromatic rings. The van der Waals surface area contributed by atoms with Crippen molar-refractivity contribution in [2.75, 3.05) is 36.8 Å². The Labute approximate surface area is 201 Å². The first-order chi connectivity index (χ1) is 16.4. The highest BCUT2D eigenvalue weighted by Gasteiger charge is 2.41. The second-order valence-electron chi connectivity index (χ2n) is 8.92. The van der Waals surface area contributed by atoms with Gasteiger partial charge in [0.15, 0.2) is 11.0 Å². The molecular formula is C24H27F3N6S. The van der Waals surface area contributed by atoms with Crippen LogP contribution in [0.15, 0.2) is 53.9 Å². The van der Waals surface area contributed by atoms with Gasteiger partial charge in [0.05, 0.1) is 5.56 Å². The van der Waals surface area contributed by atoms with E-state index in [4.69, 9.17) is 0 Å². The number of pyridine rings is 1. The minimum absolute atomic E-state index is 0.380. The Hall–Kier alpha value is -2.59. The first-order valence-electron chi connectivity index (χ1n) is 11.5. The smallest absolute Gasteiger partial charge is 0.367 e. The molecule has 0 spiro atoms. The fourth-order valence-electron chi connectivity index (χ4n) is 5.03. The van der Waals surface area contributed by atoms with E-state index in [1.807, 2.05) is 23.7 Å². The molecule has 0 N–H and O–H groups in total. The maximum absolute atomic E-state index is 12.9. The van der Waals surface area contributed by atoms with Gasteiger partial charge < -0.3 is 14.4 Å². The summed E-state index contributed by atoms with van der Waals surface area (Å²) in [5.74, 6) is 2.34. The Morgan fingerprint density at radius 1 is 1.09 bits per heavy atom. The van der Waals surface area contributed by atoms with Gasteiger partial charge in [0.2, 0.25) is 0 Å². The molecule has 4 heterocycles. The number of alkyl halides is 3. The van der Waals surface area contributed by atoms with Crippen LogP contribution in [0.1, 0.15) is 18.4 Å². The van der Waals surface area contributed by atoms with E-state index in [0.29, 0.717) is 12.0 Å². The van der Waals surface area contributed by atoms with E-state index in [0.717, 1.165) is 67.0 Å². The van der Waals surface area contributed by atoms with Crippen LogP contribution < -0.4 is 4.90 Å². The van der Waals surface area contributed by atoms with Gasteiger partial charge in [-0.2, -0.15) is 13.2 Å². The quantitative estimate of drug-likeness (QED) is 0.358. The number of anilines is 1. The van der Waals surface area contributed by atoms with Gasteiger partial charge in [-0.25, -0.2) is 0 Å². The summed E-state index contributed by atoms with van der Waals surface area (Å²) < 4.78 is 40.7. The fourth-order valence-corrected chi connectivity index (χ4v) is 5.87. The van der Waals surface area contributed by atoms with Crippen LogP contribution in [0, 0.1) is 5.92 Å². The van der Waals surface area contributed by atoms with Crippen molar-refractivity contribution in [3.05, 3.63) is 54.4 Å². The zero-order valence-electron chi connectivity index (χ0n) is 18.9. The Morgan fingerprint density at radius 3 is 2.65 bits per heavy atom. The lowest BCUT2D eigenvalue weighted by Gasteiger charge is -2.27. The molecule has 5 rings (SSSR count). The minimum atomic E-state index is -4.29. The Kier molecular flexibility index (Phi) is 6.52.